The number of hydrogen-bond acceptors (Lipinski definition) is 3. The third-order valence-electron chi connectivity index (χ3n) is 4.95. The Bertz CT molecular complexity index is 828. The first kappa shape index (κ1) is 15.9. The largest absolute Gasteiger partial charge is 0.352 e. The Morgan fingerprint density at radius 1 is 0.840 bits per heavy atom. The number of piperazine rings is 1. The van der Waals surface area contributed by atoms with Crippen molar-refractivity contribution in [3.05, 3.63) is 60.2 Å². The van der Waals surface area contributed by atoms with Gasteiger partial charge in [-0.15, -0.1) is 0 Å². The van der Waals surface area contributed by atoms with E-state index in [1.54, 1.807) is 0 Å². The van der Waals surface area contributed by atoms with Crippen LogP contribution in [0, 0.1) is 6.92 Å². The average Bonchev–Trinajstić information content (AvgIpc) is 3.09. The fourth-order valence-electron chi connectivity index (χ4n) is 3.39. The summed E-state index contributed by atoms with van der Waals surface area (Å²) in [5, 5.41) is 8.03. The number of likely N-dealkylation sites (N-methyl/N-ethyl adjacent to an activating group) is 1. The lowest BCUT2D eigenvalue weighted by Crippen LogP contribution is -2.44. The van der Waals surface area contributed by atoms with Crippen LogP contribution in [0.2, 0.25) is 0 Å². The zero-order chi connectivity index (χ0) is 17.2. The number of aromatic nitrogens is 2. The van der Waals surface area contributed by atoms with Crippen LogP contribution in [0.15, 0.2) is 54.6 Å². The van der Waals surface area contributed by atoms with Crippen LogP contribution < -0.4 is 4.90 Å². The monoisotopic (exact) mass is 332 g/mol. The molecule has 2 aromatic carbocycles. The van der Waals surface area contributed by atoms with Crippen LogP contribution in [0.25, 0.3) is 22.4 Å². The highest BCUT2D eigenvalue weighted by Crippen LogP contribution is 2.38. The standard InChI is InChI=1S/C21H24N4/c1-16-8-10-18(11-9-16)20-19(17-6-4-3-5-7-17)21(23-22-20)25-14-12-24(2)13-15-25/h3-11H,12-15H2,1-2H3,(H,22,23). The molecule has 0 unspecified atom stereocenters. The van der Waals surface area contributed by atoms with Crippen LogP contribution in [-0.2, 0) is 0 Å². The summed E-state index contributed by atoms with van der Waals surface area (Å²) >= 11 is 0. The maximum atomic E-state index is 4.72. The van der Waals surface area contributed by atoms with E-state index in [0.29, 0.717) is 0 Å². The highest BCUT2D eigenvalue weighted by molar-refractivity contribution is 5.89. The van der Waals surface area contributed by atoms with Crippen LogP contribution in [0.3, 0.4) is 0 Å². The van der Waals surface area contributed by atoms with Crippen molar-refractivity contribution < 1.29 is 0 Å². The molecular weight excluding hydrogens is 308 g/mol. The number of aryl methyl sites for hydroxylation is 1. The molecule has 0 radical (unpaired) electrons. The second kappa shape index (κ2) is 6.73. The maximum Gasteiger partial charge on any atom is 0.159 e. The molecule has 1 saturated heterocycles. The van der Waals surface area contributed by atoms with Gasteiger partial charge in [-0.05, 0) is 19.5 Å². The fourth-order valence-corrected chi connectivity index (χ4v) is 3.39. The van der Waals surface area contributed by atoms with Gasteiger partial charge in [-0.3, -0.25) is 5.10 Å². The highest BCUT2D eigenvalue weighted by Gasteiger charge is 2.23. The minimum atomic E-state index is 1.01. The average molecular weight is 332 g/mol. The number of nitrogens with one attached hydrogen (secondary N) is 1. The lowest BCUT2D eigenvalue weighted by Gasteiger charge is -2.33. The third-order valence-corrected chi connectivity index (χ3v) is 4.95. The van der Waals surface area contributed by atoms with Gasteiger partial charge in [-0.2, -0.15) is 5.10 Å². The van der Waals surface area contributed by atoms with Gasteiger partial charge in [-0.25, -0.2) is 0 Å². The van der Waals surface area contributed by atoms with Crippen molar-refractivity contribution in [3.8, 4) is 22.4 Å². The second-order valence-corrected chi connectivity index (χ2v) is 6.82. The van der Waals surface area contributed by atoms with Crippen molar-refractivity contribution >= 4 is 5.82 Å². The van der Waals surface area contributed by atoms with Crippen LogP contribution >= 0.6 is 0 Å². The molecule has 1 N–H and O–H groups in total. The van der Waals surface area contributed by atoms with E-state index >= 15 is 0 Å². The summed E-state index contributed by atoms with van der Waals surface area (Å²) in [6.45, 7) is 6.27. The SMILES string of the molecule is Cc1ccc(-c2[nH]nc(N3CCN(C)CC3)c2-c2ccccc2)cc1. The van der Waals surface area contributed by atoms with Gasteiger partial charge >= 0.3 is 0 Å². The number of hydrogen-bond donors (Lipinski definition) is 1. The van der Waals surface area contributed by atoms with E-state index in [-0.39, 0.29) is 0 Å². The van der Waals surface area contributed by atoms with Gasteiger partial charge in [0.1, 0.15) is 0 Å². The van der Waals surface area contributed by atoms with Crippen LogP contribution in [0.1, 0.15) is 5.56 Å². The Labute approximate surface area is 149 Å². The van der Waals surface area contributed by atoms with E-state index in [9.17, 15) is 0 Å². The van der Waals surface area contributed by atoms with Gasteiger partial charge in [0.15, 0.2) is 5.82 Å². The summed E-state index contributed by atoms with van der Waals surface area (Å²) < 4.78 is 0. The lowest BCUT2D eigenvalue weighted by atomic mass is 9.99. The van der Waals surface area contributed by atoms with E-state index in [4.69, 9.17) is 5.10 Å². The van der Waals surface area contributed by atoms with Gasteiger partial charge in [-0.1, -0.05) is 60.2 Å². The molecule has 1 aliphatic rings. The van der Waals surface area contributed by atoms with Crippen molar-refractivity contribution in [2.24, 2.45) is 0 Å². The maximum absolute atomic E-state index is 4.72. The van der Waals surface area contributed by atoms with Crippen LogP contribution in [0.5, 0.6) is 0 Å². The zero-order valence-electron chi connectivity index (χ0n) is 14.9. The van der Waals surface area contributed by atoms with Crippen molar-refractivity contribution in [2.75, 3.05) is 38.1 Å². The third kappa shape index (κ3) is 3.17. The molecule has 1 fully saturated rings. The molecule has 0 aliphatic carbocycles. The fraction of sp³-hybridized carbons (Fsp3) is 0.286. The molecule has 1 aliphatic heterocycles. The normalized spacial score (nSPS) is 15.5. The number of H-pyrrole nitrogens is 1. The Hall–Kier alpha value is -2.59. The van der Waals surface area contributed by atoms with E-state index < -0.39 is 0 Å². The number of benzene rings is 2. The lowest BCUT2D eigenvalue weighted by molar-refractivity contribution is 0.312. The molecule has 0 amide bonds. The molecule has 0 bridgehead atoms. The Balaban J connectivity index is 1.81. The molecule has 0 spiro atoms. The summed E-state index contributed by atoms with van der Waals surface area (Å²) in [7, 11) is 2.18. The molecular formula is C21H24N4. The topological polar surface area (TPSA) is 35.2 Å². The second-order valence-electron chi connectivity index (χ2n) is 6.82. The summed E-state index contributed by atoms with van der Waals surface area (Å²) in [6.07, 6.45) is 0. The van der Waals surface area contributed by atoms with E-state index in [1.807, 2.05) is 0 Å². The summed E-state index contributed by atoms with van der Waals surface area (Å²) in [5.74, 6) is 1.06. The molecule has 128 valence electrons. The van der Waals surface area contributed by atoms with Crippen molar-refractivity contribution in [3.63, 3.8) is 0 Å². The van der Waals surface area contributed by atoms with E-state index in [0.717, 1.165) is 37.7 Å². The van der Waals surface area contributed by atoms with E-state index in [1.165, 1.54) is 22.3 Å². The molecule has 4 nitrogen and oxygen atoms in total. The van der Waals surface area contributed by atoms with Crippen molar-refractivity contribution in [1.29, 1.82) is 0 Å². The van der Waals surface area contributed by atoms with Gasteiger partial charge in [0.05, 0.1) is 11.3 Å². The first-order valence-corrected chi connectivity index (χ1v) is 8.86. The first-order valence-electron chi connectivity index (χ1n) is 8.86. The molecule has 3 aromatic rings. The minimum Gasteiger partial charge on any atom is -0.352 e. The highest BCUT2D eigenvalue weighted by atomic mass is 15.3. The Morgan fingerprint density at radius 3 is 2.20 bits per heavy atom. The molecule has 2 heterocycles. The Kier molecular flexibility index (Phi) is 4.28. The number of anilines is 1. The van der Waals surface area contributed by atoms with Gasteiger partial charge in [0.25, 0.3) is 0 Å². The Morgan fingerprint density at radius 2 is 1.52 bits per heavy atom. The predicted molar refractivity (Wildman–Crippen MR) is 104 cm³/mol. The smallest absolute Gasteiger partial charge is 0.159 e. The van der Waals surface area contributed by atoms with Crippen molar-refractivity contribution in [1.82, 2.24) is 15.1 Å². The summed E-state index contributed by atoms with van der Waals surface area (Å²) in [5.41, 5.74) is 5.95. The minimum absolute atomic E-state index is 1.01. The van der Waals surface area contributed by atoms with E-state index in [2.05, 4.69) is 83.5 Å². The molecule has 0 saturated carbocycles. The number of aromatic amines is 1. The molecule has 0 atom stereocenters. The summed E-state index contributed by atoms with van der Waals surface area (Å²) in [6, 6.07) is 19.2. The van der Waals surface area contributed by atoms with Crippen molar-refractivity contribution in [2.45, 2.75) is 6.92 Å². The quantitative estimate of drug-likeness (QED) is 0.792. The number of rotatable bonds is 3. The summed E-state index contributed by atoms with van der Waals surface area (Å²) in [4.78, 5) is 4.77. The number of nitrogens with zero attached hydrogens (tertiary/aromatic N) is 3. The predicted octanol–water partition coefficient (Wildman–Crippen LogP) is 3.80. The molecule has 25 heavy (non-hydrogen) atoms. The van der Waals surface area contributed by atoms with Gasteiger partial charge < -0.3 is 9.80 Å². The van der Waals surface area contributed by atoms with Crippen LogP contribution in [0.4, 0.5) is 5.82 Å². The van der Waals surface area contributed by atoms with Crippen LogP contribution in [-0.4, -0.2) is 48.3 Å². The van der Waals surface area contributed by atoms with Gasteiger partial charge in [0.2, 0.25) is 0 Å². The molecule has 1 aromatic heterocycles. The molecule has 4 rings (SSSR count). The zero-order valence-corrected chi connectivity index (χ0v) is 14.9. The first-order chi connectivity index (χ1) is 12.2. The van der Waals surface area contributed by atoms with Gasteiger partial charge in [0, 0.05) is 31.7 Å². The molecule has 4 heteroatoms.